The standard InChI is InChI=1S/C16H23N3S/c1-10-12(15(2,3)4)14(16(5,6)7)19-18-13(10)11-8-20-9-17-11/h8-9H,1-7H3. The maximum absolute atomic E-state index is 4.55. The van der Waals surface area contributed by atoms with E-state index in [0.29, 0.717) is 0 Å². The van der Waals surface area contributed by atoms with Gasteiger partial charge >= 0.3 is 0 Å². The number of rotatable bonds is 1. The third-order valence-electron chi connectivity index (χ3n) is 3.35. The molecule has 0 atom stereocenters. The molecule has 20 heavy (non-hydrogen) atoms. The predicted octanol–water partition coefficient (Wildman–Crippen LogP) is 4.50. The smallest absolute Gasteiger partial charge is 0.115 e. The molecular weight excluding hydrogens is 266 g/mol. The van der Waals surface area contributed by atoms with Gasteiger partial charge in [0.05, 0.1) is 11.2 Å². The molecule has 0 amide bonds. The summed E-state index contributed by atoms with van der Waals surface area (Å²) in [5.41, 5.74) is 7.27. The van der Waals surface area contributed by atoms with Gasteiger partial charge in [-0.25, -0.2) is 4.98 Å². The van der Waals surface area contributed by atoms with Crippen LogP contribution in [0.15, 0.2) is 10.9 Å². The van der Waals surface area contributed by atoms with Gasteiger partial charge in [-0.1, -0.05) is 41.5 Å². The van der Waals surface area contributed by atoms with Crippen molar-refractivity contribution in [3.8, 4) is 11.4 Å². The van der Waals surface area contributed by atoms with E-state index in [4.69, 9.17) is 0 Å². The predicted molar refractivity (Wildman–Crippen MR) is 85.3 cm³/mol. The normalized spacial score (nSPS) is 12.8. The number of nitrogens with zero attached hydrogens (tertiary/aromatic N) is 3. The zero-order valence-corrected chi connectivity index (χ0v) is 14.2. The minimum Gasteiger partial charge on any atom is -0.243 e. The Balaban J connectivity index is 2.75. The Hall–Kier alpha value is -1.29. The van der Waals surface area contributed by atoms with Crippen LogP contribution in [0.5, 0.6) is 0 Å². The van der Waals surface area contributed by atoms with Gasteiger partial charge in [-0.05, 0) is 23.5 Å². The zero-order chi connectivity index (χ0) is 15.1. The van der Waals surface area contributed by atoms with Gasteiger partial charge in [0.25, 0.3) is 0 Å². The minimum atomic E-state index is -0.0129. The van der Waals surface area contributed by atoms with Crippen molar-refractivity contribution in [2.24, 2.45) is 0 Å². The molecule has 0 unspecified atom stereocenters. The van der Waals surface area contributed by atoms with E-state index in [2.05, 4.69) is 63.6 Å². The van der Waals surface area contributed by atoms with Gasteiger partial charge in [0.2, 0.25) is 0 Å². The molecule has 0 aromatic carbocycles. The molecule has 0 spiro atoms. The highest BCUT2D eigenvalue weighted by atomic mass is 32.1. The van der Waals surface area contributed by atoms with Crippen LogP contribution < -0.4 is 0 Å². The Bertz CT molecular complexity index is 602. The summed E-state index contributed by atoms with van der Waals surface area (Å²) in [5.74, 6) is 0. The summed E-state index contributed by atoms with van der Waals surface area (Å²) in [7, 11) is 0. The summed E-state index contributed by atoms with van der Waals surface area (Å²) in [4.78, 5) is 4.38. The number of hydrogen-bond acceptors (Lipinski definition) is 4. The van der Waals surface area contributed by atoms with Crippen molar-refractivity contribution in [3.63, 3.8) is 0 Å². The van der Waals surface area contributed by atoms with Crippen molar-refractivity contribution < 1.29 is 0 Å². The first kappa shape index (κ1) is 15.1. The average molecular weight is 289 g/mol. The van der Waals surface area contributed by atoms with Crippen LogP contribution >= 0.6 is 11.3 Å². The van der Waals surface area contributed by atoms with E-state index in [9.17, 15) is 0 Å². The molecule has 0 fully saturated rings. The quantitative estimate of drug-likeness (QED) is 0.775. The van der Waals surface area contributed by atoms with E-state index >= 15 is 0 Å². The van der Waals surface area contributed by atoms with Gasteiger partial charge in [-0.15, -0.1) is 16.4 Å². The maximum Gasteiger partial charge on any atom is 0.115 e. The molecule has 0 aliphatic rings. The minimum absolute atomic E-state index is 0.0129. The van der Waals surface area contributed by atoms with Crippen molar-refractivity contribution in [3.05, 3.63) is 27.7 Å². The largest absolute Gasteiger partial charge is 0.243 e. The molecule has 0 aliphatic heterocycles. The summed E-state index contributed by atoms with van der Waals surface area (Å²) in [6.07, 6.45) is 0. The van der Waals surface area contributed by atoms with Crippen LogP contribution in [0.1, 0.15) is 58.4 Å². The highest BCUT2D eigenvalue weighted by Gasteiger charge is 2.30. The first-order valence-corrected chi connectivity index (χ1v) is 7.83. The number of aromatic nitrogens is 3. The van der Waals surface area contributed by atoms with Crippen LogP contribution in [-0.4, -0.2) is 15.2 Å². The Morgan fingerprint density at radius 3 is 2.05 bits per heavy atom. The van der Waals surface area contributed by atoms with Gasteiger partial charge in [0.1, 0.15) is 11.4 Å². The lowest BCUT2D eigenvalue weighted by atomic mass is 9.76. The van der Waals surface area contributed by atoms with E-state index in [-0.39, 0.29) is 10.8 Å². The molecule has 0 bridgehead atoms. The molecule has 3 nitrogen and oxygen atoms in total. The molecule has 2 aromatic rings. The summed E-state index contributed by atoms with van der Waals surface area (Å²) >= 11 is 1.59. The van der Waals surface area contributed by atoms with Crippen LogP contribution in [0.25, 0.3) is 11.4 Å². The van der Waals surface area contributed by atoms with Gasteiger partial charge in [-0.3, -0.25) is 0 Å². The number of thiazole rings is 1. The first-order chi connectivity index (χ1) is 9.12. The van der Waals surface area contributed by atoms with Crippen molar-refractivity contribution in [1.29, 1.82) is 0 Å². The van der Waals surface area contributed by atoms with Crippen LogP contribution in [-0.2, 0) is 10.8 Å². The van der Waals surface area contributed by atoms with E-state index in [1.54, 1.807) is 11.3 Å². The molecule has 4 heteroatoms. The van der Waals surface area contributed by atoms with E-state index in [1.165, 1.54) is 11.1 Å². The van der Waals surface area contributed by atoms with Gasteiger partial charge in [-0.2, -0.15) is 5.10 Å². The van der Waals surface area contributed by atoms with Crippen LogP contribution in [0.4, 0.5) is 0 Å². The maximum atomic E-state index is 4.55. The highest BCUT2D eigenvalue weighted by molar-refractivity contribution is 7.07. The van der Waals surface area contributed by atoms with Gasteiger partial charge in [0, 0.05) is 10.8 Å². The molecule has 0 saturated carbocycles. The van der Waals surface area contributed by atoms with Crippen LogP contribution in [0, 0.1) is 6.92 Å². The third-order valence-corrected chi connectivity index (χ3v) is 3.94. The monoisotopic (exact) mass is 289 g/mol. The lowest BCUT2D eigenvalue weighted by Gasteiger charge is -2.30. The molecule has 0 N–H and O–H groups in total. The molecule has 2 rings (SSSR count). The van der Waals surface area contributed by atoms with Crippen LogP contribution in [0.3, 0.4) is 0 Å². The molecule has 0 aliphatic carbocycles. The lowest BCUT2D eigenvalue weighted by Crippen LogP contribution is -2.26. The lowest BCUT2D eigenvalue weighted by molar-refractivity contribution is 0.503. The Morgan fingerprint density at radius 1 is 0.950 bits per heavy atom. The molecule has 0 radical (unpaired) electrons. The summed E-state index contributed by atoms with van der Waals surface area (Å²) in [6, 6.07) is 0. The van der Waals surface area contributed by atoms with Crippen molar-refractivity contribution in [2.45, 2.75) is 59.3 Å². The summed E-state index contributed by atoms with van der Waals surface area (Å²) < 4.78 is 0. The van der Waals surface area contributed by atoms with Crippen molar-refractivity contribution in [2.75, 3.05) is 0 Å². The fraction of sp³-hybridized carbons (Fsp3) is 0.562. The second-order valence-corrected chi connectivity index (χ2v) is 7.99. The second kappa shape index (κ2) is 4.92. The topological polar surface area (TPSA) is 38.7 Å². The first-order valence-electron chi connectivity index (χ1n) is 6.89. The molecule has 108 valence electrons. The van der Waals surface area contributed by atoms with E-state index in [1.807, 2.05) is 10.9 Å². The highest BCUT2D eigenvalue weighted by Crippen LogP contribution is 2.37. The van der Waals surface area contributed by atoms with Crippen molar-refractivity contribution >= 4 is 11.3 Å². The fourth-order valence-corrected chi connectivity index (χ4v) is 3.07. The van der Waals surface area contributed by atoms with Crippen LogP contribution in [0.2, 0.25) is 0 Å². The second-order valence-electron chi connectivity index (χ2n) is 7.27. The zero-order valence-electron chi connectivity index (χ0n) is 13.4. The summed E-state index contributed by atoms with van der Waals surface area (Å²) in [5, 5.41) is 11.0. The third kappa shape index (κ3) is 2.75. The Labute approximate surface area is 125 Å². The Kier molecular flexibility index (Phi) is 3.71. The molecule has 2 aromatic heterocycles. The summed E-state index contributed by atoms with van der Waals surface area (Å²) in [6.45, 7) is 15.4. The van der Waals surface area contributed by atoms with Gasteiger partial charge < -0.3 is 0 Å². The van der Waals surface area contributed by atoms with E-state index in [0.717, 1.165) is 17.1 Å². The molecular formula is C16H23N3S. The average Bonchev–Trinajstić information content (AvgIpc) is 2.78. The molecule has 2 heterocycles. The molecule has 0 saturated heterocycles. The number of hydrogen-bond donors (Lipinski definition) is 0. The Morgan fingerprint density at radius 2 is 1.60 bits per heavy atom. The SMILES string of the molecule is Cc1c(-c2cscn2)nnc(C(C)(C)C)c1C(C)(C)C. The van der Waals surface area contributed by atoms with Crippen molar-refractivity contribution in [1.82, 2.24) is 15.2 Å². The fourth-order valence-electron chi connectivity index (χ4n) is 2.54. The van der Waals surface area contributed by atoms with Gasteiger partial charge in [0.15, 0.2) is 0 Å². The van der Waals surface area contributed by atoms with E-state index < -0.39 is 0 Å².